The van der Waals surface area contributed by atoms with E-state index in [0.717, 1.165) is 0 Å². The molecule has 1 aromatic rings. The summed E-state index contributed by atoms with van der Waals surface area (Å²) in [5.41, 5.74) is -1.74. The molecular formula is C18H16ClF3O2. The number of esters is 1. The van der Waals surface area contributed by atoms with Crippen LogP contribution in [-0.2, 0) is 16.1 Å². The van der Waals surface area contributed by atoms with E-state index in [1.54, 1.807) is 5.92 Å². The smallest absolute Gasteiger partial charge is 0.310 e. The zero-order valence-corrected chi connectivity index (χ0v) is 14.2. The second-order valence-electron chi connectivity index (χ2n) is 6.21. The van der Waals surface area contributed by atoms with Crippen LogP contribution in [0.4, 0.5) is 13.2 Å². The highest BCUT2D eigenvalue weighted by molar-refractivity contribution is 6.31. The summed E-state index contributed by atoms with van der Waals surface area (Å²) in [6.45, 7) is 4.97. The lowest BCUT2D eigenvalue weighted by atomic mass is 10.1. The molecule has 6 heteroatoms. The number of rotatable bonds is 4. The van der Waals surface area contributed by atoms with Gasteiger partial charge in [0.2, 0.25) is 0 Å². The van der Waals surface area contributed by atoms with E-state index in [-0.39, 0.29) is 11.3 Å². The molecule has 0 saturated heterocycles. The Balaban J connectivity index is 2.20. The summed E-state index contributed by atoms with van der Waals surface area (Å²) < 4.78 is 46.6. The lowest BCUT2D eigenvalue weighted by Crippen LogP contribution is -2.13. The van der Waals surface area contributed by atoms with Crippen molar-refractivity contribution in [2.45, 2.75) is 27.4 Å². The van der Waals surface area contributed by atoms with Crippen molar-refractivity contribution >= 4 is 17.6 Å². The first-order valence-corrected chi connectivity index (χ1v) is 7.67. The van der Waals surface area contributed by atoms with Crippen LogP contribution in [0, 0.1) is 47.0 Å². The zero-order chi connectivity index (χ0) is 18.2. The Bertz CT molecular complexity index is 734. The largest absolute Gasteiger partial charge is 0.460 e. The van der Waals surface area contributed by atoms with Crippen molar-refractivity contribution in [3.63, 3.8) is 0 Å². The minimum Gasteiger partial charge on any atom is -0.460 e. The molecule has 1 aromatic carbocycles. The summed E-state index contributed by atoms with van der Waals surface area (Å²) in [5.74, 6) is -3.44. The molecule has 0 heterocycles. The molecule has 2 nitrogen and oxygen atoms in total. The molecule has 0 radical (unpaired) electrons. The fourth-order valence-corrected chi connectivity index (χ4v) is 3.09. The van der Waals surface area contributed by atoms with E-state index in [2.05, 4.69) is 0 Å². The fraction of sp³-hybridized carbons (Fsp3) is 0.389. The SMILES string of the molecule is C#Cc1c(F)c(F)c(COC(=O)[C@@H]2[C@@H](C=CC)C2(C)C)c(Cl)c1F. The van der Waals surface area contributed by atoms with Crippen LogP contribution < -0.4 is 0 Å². The van der Waals surface area contributed by atoms with Crippen molar-refractivity contribution in [2.75, 3.05) is 0 Å². The van der Waals surface area contributed by atoms with Gasteiger partial charge in [0.05, 0.1) is 10.9 Å². The number of halogens is 4. The number of carbonyl (C=O) groups excluding carboxylic acids is 1. The number of carbonyl (C=O) groups is 1. The summed E-state index contributed by atoms with van der Waals surface area (Å²) in [6, 6.07) is 0. The van der Waals surface area contributed by atoms with E-state index in [0.29, 0.717) is 0 Å². The van der Waals surface area contributed by atoms with E-state index in [1.165, 1.54) is 0 Å². The van der Waals surface area contributed by atoms with Crippen LogP contribution in [0.3, 0.4) is 0 Å². The minimum absolute atomic E-state index is 0.00704. The van der Waals surface area contributed by atoms with Gasteiger partial charge < -0.3 is 4.74 Å². The van der Waals surface area contributed by atoms with Gasteiger partial charge in [-0.05, 0) is 18.3 Å². The minimum atomic E-state index is -1.52. The lowest BCUT2D eigenvalue weighted by molar-refractivity contribution is -0.147. The van der Waals surface area contributed by atoms with Gasteiger partial charge in [0.15, 0.2) is 17.5 Å². The van der Waals surface area contributed by atoms with Gasteiger partial charge in [0.25, 0.3) is 0 Å². The van der Waals surface area contributed by atoms with Gasteiger partial charge in [-0.3, -0.25) is 4.79 Å². The van der Waals surface area contributed by atoms with Crippen LogP contribution in [0.1, 0.15) is 31.9 Å². The molecule has 0 aliphatic heterocycles. The number of ether oxygens (including phenoxy) is 1. The molecule has 2 rings (SSSR count). The van der Waals surface area contributed by atoms with E-state index in [4.69, 9.17) is 22.8 Å². The van der Waals surface area contributed by atoms with Crippen molar-refractivity contribution in [1.82, 2.24) is 0 Å². The number of hydrogen-bond donors (Lipinski definition) is 0. The van der Waals surface area contributed by atoms with Crippen LogP contribution in [0.5, 0.6) is 0 Å². The Morgan fingerprint density at radius 1 is 1.33 bits per heavy atom. The van der Waals surface area contributed by atoms with Crippen molar-refractivity contribution in [2.24, 2.45) is 17.3 Å². The molecule has 0 unspecified atom stereocenters. The van der Waals surface area contributed by atoms with E-state index < -0.39 is 52.1 Å². The molecule has 2 atom stereocenters. The van der Waals surface area contributed by atoms with Gasteiger partial charge in [-0.1, -0.05) is 43.5 Å². The molecule has 0 amide bonds. The second-order valence-corrected chi connectivity index (χ2v) is 6.59. The van der Waals surface area contributed by atoms with Gasteiger partial charge in [-0.2, -0.15) is 0 Å². The number of hydrogen-bond acceptors (Lipinski definition) is 2. The molecule has 1 saturated carbocycles. The van der Waals surface area contributed by atoms with Crippen molar-refractivity contribution in [3.8, 4) is 12.3 Å². The van der Waals surface area contributed by atoms with Crippen molar-refractivity contribution in [1.29, 1.82) is 0 Å². The molecule has 0 bridgehead atoms. The van der Waals surface area contributed by atoms with Crippen molar-refractivity contribution < 1.29 is 22.7 Å². The summed E-state index contributed by atoms with van der Waals surface area (Å²) in [7, 11) is 0. The Morgan fingerprint density at radius 2 is 1.96 bits per heavy atom. The van der Waals surface area contributed by atoms with E-state index in [9.17, 15) is 18.0 Å². The standard InChI is InChI=1S/C18H16ClF3O2/c1-5-7-11-12(18(11,3)4)17(23)24-8-10-13(19)14(20)9(6-2)15(21)16(10)22/h2,5,7,11-12H,8H2,1,3-4H3/t11-,12+/m1/s1. The van der Waals surface area contributed by atoms with Gasteiger partial charge in [-0.15, -0.1) is 6.42 Å². The lowest BCUT2D eigenvalue weighted by Gasteiger charge is -2.11. The Morgan fingerprint density at radius 3 is 2.50 bits per heavy atom. The maximum Gasteiger partial charge on any atom is 0.310 e. The van der Waals surface area contributed by atoms with Gasteiger partial charge in [0, 0.05) is 5.56 Å². The maximum atomic E-state index is 14.0. The van der Waals surface area contributed by atoms with Crippen LogP contribution >= 0.6 is 11.6 Å². The summed E-state index contributed by atoms with van der Waals surface area (Å²) in [4.78, 5) is 12.2. The number of allylic oxidation sites excluding steroid dienone is 2. The Labute approximate surface area is 143 Å². The average Bonchev–Trinajstić information content (AvgIpc) is 3.07. The highest BCUT2D eigenvalue weighted by Crippen LogP contribution is 2.59. The van der Waals surface area contributed by atoms with Crippen LogP contribution in [0.2, 0.25) is 5.02 Å². The van der Waals surface area contributed by atoms with Gasteiger partial charge in [0.1, 0.15) is 12.2 Å². The molecule has 1 aliphatic carbocycles. The van der Waals surface area contributed by atoms with E-state index in [1.807, 2.05) is 32.9 Å². The maximum absolute atomic E-state index is 14.0. The molecule has 128 valence electrons. The predicted octanol–water partition coefficient (Wildman–Crippen LogP) is 4.63. The normalized spacial score (nSPS) is 21.6. The Kier molecular flexibility index (Phi) is 5.00. The molecular weight excluding hydrogens is 341 g/mol. The zero-order valence-electron chi connectivity index (χ0n) is 13.4. The molecule has 0 aromatic heterocycles. The average molecular weight is 357 g/mol. The van der Waals surface area contributed by atoms with Gasteiger partial charge in [-0.25, -0.2) is 13.2 Å². The van der Waals surface area contributed by atoms with E-state index >= 15 is 0 Å². The number of benzene rings is 1. The first-order valence-electron chi connectivity index (χ1n) is 7.29. The Hall–Kier alpha value is -1.93. The van der Waals surface area contributed by atoms with Gasteiger partial charge >= 0.3 is 5.97 Å². The highest BCUT2D eigenvalue weighted by Gasteiger charge is 2.61. The summed E-state index contributed by atoms with van der Waals surface area (Å²) in [5, 5.41) is -0.685. The third-order valence-electron chi connectivity index (χ3n) is 4.42. The summed E-state index contributed by atoms with van der Waals surface area (Å²) in [6.07, 6.45) is 8.66. The van der Waals surface area contributed by atoms with Crippen LogP contribution in [-0.4, -0.2) is 5.97 Å². The predicted molar refractivity (Wildman–Crippen MR) is 84.6 cm³/mol. The molecule has 0 spiro atoms. The van der Waals surface area contributed by atoms with Crippen LogP contribution in [0.25, 0.3) is 0 Å². The summed E-state index contributed by atoms with van der Waals surface area (Å²) >= 11 is 5.69. The third kappa shape index (κ3) is 2.91. The van der Waals surface area contributed by atoms with Crippen LogP contribution in [0.15, 0.2) is 12.2 Å². The molecule has 0 N–H and O–H groups in total. The highest BCUT2D eigenvalue weighted by atomic mass is 35.5. The quantitative estimate of drug-likeness (QED) is 0.340. The number of terminal acetylenes is 1. The second kappa shape index (κ2) is 6.52. The monoisotopic (exact) mass is 356 g/mol. The first-order chi connectivity index (χ1) is 11.2. The third-order valence-corrected chi connectivity index (χ3v) is 4.82. The first kappa shape index (κ1) is 18.4. The van der Waals surface area contributed by atoms with Crippen molar-refractivity contribution in [3.05, 3.63) is 45.8 Å². The fourth-order valence-electron chi connectivity index (χ4n) is 2.86. The molecule has 1 fully saturated rings. The topological polar surface area (TPSA) is 26.3 Å². The molecule has 1 aliphatic rings. The molecule has 24 heavy (non-hydrogen) atoms.